The molecule has 0 amide bonds. The SMILES string of the molecule is NCc1cc(=O)n2cccc(Br)c2n1. The molecule has 0 unspecified atom stereocenters. The number of aromatic nitrogens is 2. The third kappa shape index (κ3) is 1.44. The molecule has 2 aromatic heterocycles. The minimum atomic E-state index is -0.114. The third-order valence-corrected chi connectivity index (χ3v) is 2.52. The van der Waals surface area contributed by atoms with E-state index in [9.17, 15) is 4.79 Å². The molecule has 2 heterocycles. The normalized spacial score (nSPS) is 10.7. The molecule has 0 aliphatic heterocycles. The van der Waals surface area contributed by atoms with Gasteiger partial charge in [-0.1, -0.05) is 0 Å². The lowest BCUT2D eigenvalue weighted by Gasteiger charge is -2.03. The van der Waals surface area contributed by atoms with Crippen molar-refractivity contribution in [2.24, 2.45) is 5.73 Å². The molecule has 14 heavy (non-hydrogen) atoms. The molecule has 2 aromatic rings. The highest BCUT2D eigenvalue weighted by Gasteiger charge is 2.03. The van der Waals surface area contributed by atoms with E-state index in [0.29, 0.717) is 11.3 Å². The average Bonchev–Trinajstić information content (AvgIpc) is 2.19. The van der Waals surface area contributed by atoms with Gasteiger partial charge in [0.2, 0.25) is 0 Å². The number of fused-ring (bicyclic) bond motifs is 1. The van der Waals surface area contributed by atoms with Crippen LogP contribution in [0.5, 0.6) is 0 Å². The van der Waals surface area contributed by atoms with Crippen LogP contribution in [0.3, 0.4) is 0 Å². The minimum Gasteiger partial charge on any atom is -0.325 e. The molecule has 0 saturated carbocycles. The second-order valence-electron chi connectivity index (χ2n) is 2.84. The lowest BCUT2D eigenvalue weighted by atomic mass is 10.4. The van der Waals surface area contributed by atoms with E-state index in [1.54, 1.807) is 12.3 Å². The topological polar surface area (TPSA) is 60.4 Å². The first-order valence-electron chi connectivity index (χ1n) is 4.09. The zero-order valence-corrected chi connectivity index (χ0v) is 8.86. The van der Waals surface area contributed by atoms with Gasteiger partial charge in [0, 0.05) is 18.8 Å². The van der Waals surface area contributed by atoms with Crippen molar-refractivity contribution in [2.45, 2.75) is 6.54 Å². The van der Waals surface area contributed by atoms with E-state index in [4.69, 9.17) is 5.73 Å². The lowest BCUT2D eigenvalue weighted by molar-refractivity contribution is 0.940. The maximum Gasteiger partial charge on any atom is 0.258 e. The maximum absolute atomic E-state index is 11.6. The zero-order chi connectivity index (χ0) is 10.1. The zero-order valence-electron chi connectivity index (χ0n) is 7.27. The van der Waals surface area contributed by atoms with Gasteiger partial charge in [-0.05, 0) is 28.1 Å². The molecule has 2 N–H and O–H groups in total. The van der Waals surface area contributed by atoms with Gasteiger partial charge in [-0.2, -0.15) is 0 Å². The first-order valence-corrected chi connectivity index (χ1v) is 4.88. The van der Waals surface area contributed by atoms with Crippen molar-refractivity contribution in [3.8, 4) is 0 Å². The first-order chi connectivity index (χ1) is 6.72. The van der Waals surface area contributed by atoms with Gasteiger partial charge >= 0.3 is 0 Å². The fraction of sp³-hybridized carbons (Fsp3) is 0.111. The summed E-state index contributed by atoms with van der Waals surface area (Å²) in [4.78, 5) is 15.8. The van der Waals surface area contributed by atoms with Gasteiger partial charge in [0.15, 0.2) is 5.65 Å². The lowest BCUT2D eigenvalue weighted by Crippen LogP contribution is -2.16. The predicted molar refractivity (Wildman–Crippen MR) is 57.1 cm³/mol. The van der Waals surface area contributed by atoms with E-state index in [2.05, 4.69) is 20.9 Å². The van der Waals surface area contributed by atoms with E-state index in [1.807, 2.05) is 6.07 Å². The van der Waals surface area contributed by atoms with Crippen molar-refractivity contribution in [1.29, 1.82) is 0 Å². The van der Waals surface area contributed by atoms with Crippen molar-refractivity contribution in [2.75, 3.05) is 0 Å². The van der Waals surface area contributed by atoms with Crippen LogP contribution < -0.4 is 11.3 Å². The molecule has 0 aromatic carbocycles. The molecule has 72 valence electrons. The number of nitrogens with zero attached hydrogens (tertiary/aromatic N) is 2. The van der Waals surface area contributed by atoms with E-state index in [1.165, 1.54) is 10.5 Å². The highest BCUT2D eigenvalue weighted by molar-refractivity contribution is 9.10. The molecular formula is C9H8BrN3O. The predicted octanol–water partition coefficient (Wildman–Crippen LogP) is 0.916. The summed E-state index contributed by atoms with van der Waals surface area (Å²) in [7, 11) is 0. The number of nitrogens with two attached hydrogens (primary N) is 1. The summed E-state index contributed by atoms with van der Waals surface area (Å²) in [5.74, 6) is 0. The molecular weight excluding hydrogens is 246 g/mol. The van der Waals surface area contributed by atoms with Crippen LogP contribution >= 0.6 is 15.9 Å². The van der Waals surface area contributed by atoms with Crippen molar-refractivity contribution < 1.29 is 0 Å². The third-order valence-electron chi connectivity index (χ3n) is 1.91. The van der Waals surface area contributed by atoms with Crippen LogP contribution in [-0.2, 0) is 6.54 Å². The molecule has 0 atom stereocenters. The average molecular weight is 254 g/mol. The quantitative estimate of drug-likeness (QED) is 0.823. The van der Waals surface area contributed by atoms with Gasteiger partial charge in [-0.15, -0.1) is 0 Å². The summed E-state index contributed by atoms with van der Waals surface area (Å²) in [6.07, 6.45) is 1.68. The van der Waals surface area contributed by atoms with Gasteiger partial charge < -0.3 is 5.73 Å². The molecule has 0 bridgehead atoms. The summed E-state index contributed by atoms with van der Waals surface area (Å²) in [5, 5.41) is 0. The standard InChI is InChI=1S/C9H8BrN3O/c10-7-2-1-3-13-8(14)4-6(5-11)12-9(7)13/h1-4H,5,11H2. The van der Waals surface area contributed by atoms with Gasteiger partial charge in [0.25, 0.3) is 5.56 Å². The molecule has 0 fully saturated rings. The number of halogens is 1. The second-order valence-corrected chi connectivity index (χ2v) is 3.69. The Morgan fingerprint density at radius 2 is 2.36 bits per heavy atom. The highest BCUT2D eigenvalue weighted by Crippen LogP contribution is 2.13. The second kappa shape index (κ2) is 3.51. The van der Waals surface area contributed by atoms with Crippen LogP contribution in [-0.4, -0.2) is 9.38 Å². The van der Waals surface area contributed by atoms with E-state index < -0.39 is 0 Å². The Kier molecular flexibility index (Phi) is 2.35. The molecule has 0 aliphatic rings. The Labute approximate surface area is 88.5 Å². The summed E-state index contributed by atoms with van der Waals surface area (Å²) < 4.78 is 2.26. The molecule has 0 radical (unpaired) electrons. The molecule has 0 spiro atoms. The van der Waals surface area contributed by atoms with Crippen LogP contribution in [0.15, 0.2) is 33.7 Å². The van der Waals surface area contributed by atoms with Crippen LogP contribution in [0.1, 0.15) is 5.69 Å². The van der Waals surface area contributed by atoms with Crippen LogP contribution in [0.4, 0.5) is 0 Å². The smallest absolute Gasteiger partial charge is 0.258 e. The van der Waals surface area contributed by atoms with Crippen molar-refractivity contribution in [3.63, 3.8) is 0 Å². The Bertz CT molecular complexity index is 535. The largest absolute Gasteiger partial charge is 0.325 e. The Hall–Kier alpha value is -1.20. The Morgan fingerprint density at radius 1 is 1.57 bits per heavy atom. The van der Waals surface area contributed by atoms with Crippen molar-refractivity contribution in [1.82, 2.24) is 9.38 Å². The van der Waals surface area contributed by atoms with Crippen LogP contribution in [0, 0.1) is 0 Å². The maximum atomic E-state index is 11.6. The highest BCUT2D eigenvalue weighted by atomic mass is 79.9. The van der Waals surface area contributed by atoms with Gasteiger partial charge in [0.1, 0.15) is 0 Å². The summed E-state index contributed by atoms with van der Waals surface area (Å²) in [6.45, 7) is 0.271. The van der Waals surface area contributed by atoms with Crippen molar-refractivity contribution >= 4 is 21.6 Å². The summed E-state index contributed by atoms with van der Waals surface area (Å²) in [6, 6.07) is 5.06. The Balaban J connectivity index is 2.91. The summed E-state index contributed by atoms with van der Waals surface area (Å²) in [5.41, 5.74) is 6.52. The molecule has 0 aliphatic carbocycles. The number of hydrogen-bond acceptors (Lipinski definition) is 3. The Morgan fingerprint density at radius 3 is 3.07 bits per heavy atom. The first kappa shape index (κ1) is 9.36. The fourth-order valence-corrected chi connectivity index (χ4v) is 1.68. The molecule has 2 rings (SSSR count). The van der Waals surface area contributed by atoms with E-state index in [-0.39, 0.29) is 12.1 Å². The number of hydrogen-bond donors (Lipinski definition) is 1. The van der Waals surface area contributed by atoms with Gasteiger partial charge in [0.05, 0.1) is 10.2 Å². The molecule has 5 heteroatoms. The van der Waals surface area contributed by atoms with E-state index in [0.717, 1.165) is 4.47 Å². The van der Waals surface area contributed by atoms with Crippen LogP contribution in [0.2, 0.25) is 0 Å². The van der Waals surface area contributed by atoms with Gasteiger partial charge in [-0.3, -0.25) is 9.20 Å². The minimum absolute atomic E-state index is 0.114. The van der Waals surface area contributed by atoms with E-state index >= 15 is 0 Å². The number of rotatable bonds is 1. The van der Waals surface area contributed by atoms with Gasteiger partial charge in [-0.25, -0.2) is 4.98 Å². The molecule has 0 saturated heterocycles. The monoisotopic (exact) mass is 253 g/mol. The summed E-state index contributed by atoms with van der Waals surface area (Å²) >= 11 is 3.33. The van der Waals surface area contributed by atoms with Crippen molar-refractivity contribution in [3.05, 3.63) is 44.9 Å². The van der Waals surface area contributed by atoms with Crippen LogP contribution in [0.25, 0.3) is 5.65 Å². The fourth-order valence-electron chi connectivity index (χ4n) is 1.24. The number of pyridine rings is 1. The molecule has 4 nitrogen and oxygen atoms in total.